The van der Waals surface area contributed by atoms with E-state index in [1.807, 2.05) is 6.07 Å². The summed E-state index contributed by atoms with van der Waals surface area (Å²) >= 11 is 6.03. The Morgan fingerprint density at radius 3 is 2.44 bits per heavy atom. The number of rotatable bonds is 4. The minimum atomic E-state index is -0.255. The van der Waals surface area contributed by atoms with Crippen molar-refractivity contribution >= 4 is 29.1 Å². The Kier molecular flexibility index (Phi) is 5.28. The Morgan fingerprint density at radius 1 is 1.00 bits per heavy atom. The number of amides is 2. The van der Waals surface area contributed by atoms with E-state index in [1.165, 1.54) is 15.4 Å². The minimum Gasteiger partial charge on any atom is -0.324 e. The normalized spacial score (nSPS) is 25.8. The highest BCUT2D eigenvalue weighted by Crippen LogP contribution is 2.25. The largest absolute Gasteiger partial charge is 0.324 e. The lowest BCUT2D eigenvalue weighted by molar-refractivity contribution is -0.920. The molecule has 2 amide bonds. The van der Waals surface area contributed by atoms with E-state index in [1.54, 1.807) is 24.3 Å². The van der Waals surface area contributed by atoms with Crippen molar-refractivity contribution in [2.45, 2.75) is 31.7 Å². The molecule has 0 aromatic heterocycles. The van der Waals surface area contributed by atoms with E-state index >= 15 is 0 Å². The van der Waals surface area contributed by atoms with E-state index in [-0.39, 0.29) is 17.9 Å². The molecule has 0 aliphatic carbocycles. The predicted molar refractivity (Wildman–Crippen MR) is 106 cm³/mol. The molecule has 2 aromatic carbocycles. The SMILES string of the molecule is O=C1C[C@H]([NH+]2CCC(Cc3ccccc3)CC2)C(=O)N1c1cccc(Cl)c1. The zero-order chi connectivity index (χ0) is 18.8. The number of imide groups is 1. The van der Waals surface area contributed by atoms with Crippen LogP contribution in [0.4, 0.5) is 5.69 Å². The van der Waals surface area contributed by atoms with Gasteiger partial charge in [-0.2, -0.15) is 0 Å². The highest BCUT2D eigenvalue weighted by atomic mass is 35.5. The topological polar surface area (TPSA) is 41.8 Å². The van der Waals surface area contributed by atoms with Crippen molar-refractivity contribution in [1.82, 2.24) is 0 Å². The highest BCUT2D eigenvalue weighted by Gasteiger charge is 2.46. The van der Waals surface area contributed by atoms with E-state index in [0.29, 0.717) is 23.0 Å². The van der Waals surface area contributed by atoms with Crippen LogP contribution >= 0.6 is 11.6 Å². The van der Waals surface area contributed by atoms with Crippen molar-refractivity contribution in [2.24, 2.45) is 5.92 Å². The molecule has 2 aliphatic rings. The fourth-order valence-electron chi connectivity index (χ4n) is 4.39. The highest BCUT2D eigenvalue weighted by molar-refractivity contribution is 6.31. The molecule has 0 radical (unpaired) electrons. The number of piperidine rings is 1. The van der Waals surface area contributed by atoms with E-state index in [2.05, 4.69) is 24.3 Å². The van der Waals surface area contributed by atoms with Crippen molar-refractivity contribution in [3.8, 4) is 0 Å². The zero-order valence-corrected chi connectivity index (χ0v) is 16.0. The molecule has 2 aliphatic heterocycles. The summed E-state index contributed by atoms with van der Waals surface area (Å²) in [5, 5.41) is 0.533. The average Bonchev–Trinajstić information content (AvgIpc) is 2.97. The summed E-state index contributed by atoms with van der Waals surface area (Å²) in [4.78, 5) is 28.0. The van der Waals surface area contributed by atoms with Crippen molar-refractivity contribution in [2.75, 3.05) is 18.0 Å². The summed E-state index contributed by atoms with van der Waals surface area (Å²) in [6.45, 7) is 1.90. The quantitative estimate of drug-likeness (QED) is 0.824. The lowest BCUT2D eigenvalue weighted by atomic mass is 9.89. The van der Waals surface area contributed by atoms with Gasteiger partial charge in [-0.25, -0.2) is 4.90 Å². The molecule has 1 atom stereocenters. The first-order valence-corrected chi connectivity index (χ1v) is 10.0. The number of carbonyl (C=O) groups is 2. The summed E-state index contributed by atoms with van der Waals surface area (Å²) in [5.74, 6) is 0.456. The molecule has 0 unspecified atom stereocenters. The Balaban J connectivity index is 1.39. The van der Waals surface area contributed by atoms with Crippen LogP contribution < -0.4 is 9.80 Å². The summed E-state index contributed by atoms with van der Waals surface area (Å²) in [6.07, 6.45) is 3.59. The predicted octanol–water partition coefficient (Wildman–Crippen LogP) is 2.51. The molecule has 0 bridgehead atoms. The van der Waals surface area contributed by atoms with Gasteiger partial charge >= 0.3 is 0 Å². The van der Waals surface area contributed by atoms with Crippen molar-refractivity contribution < 1.29 is 14.5 Å². The Labute approximate surface area is 164 Å². The fraction of sp³-hybridized carbons (Fsp3) is 0.364. The second-order valence-corrected chi connectivity index (χ2v) is 8.03. The van der Waals surface area contributed by atoms with Crippen LogP contribution in [0.1, 0.15) is 24.8 Å². The minimum absolute atomic E-state index is 0.0845. The van der Waals surface area contributed by atoms with Gasteiger partial charge in [-0.1, -0.05) is 48.0 Å². The molecule has 0 spiro atoms. The van der Waals surface area contributed by atoms with Gasteiger partial charge in [0.05, 0.1) is 25.2 Å². The molecule has 2 heterocycles. The van der Waals surface area contributed by atoms with Crippen LogP contribution in [-0.4, -0.2) is 30.9 Å². The third-order valence-electron chi connectivity index (χ3n) is 5.82. The number of hydrogen-bond donors (Lipinski definition) is 1. The second-order valence-electron chi connectivity index (χ2n) is 7.60. The number of nitrogens with zero attached hydrogens (tertiary/aromatic N) is 1. The van der Waals surface area contributed by atoms with Crippen LogP contribution in [0.25, 0.3) is 0 Å². The summed E-state index contributed by atoms with van der Waals surface area (Å²) in [7, 11) is 0. The first-order chi connectivity index (χ1) is 13.1. The van der Waals surface area contributed by atoms with E-state index < -0.39 is 0 Å². The first kappa shape index (κ1) is 18.2. The zero-order valence-electron chi connectivity index (χ0n) is 15.2. The summed E-state index contributed by atoms with van der Waals surface area (Å²) in [5.41, 5.74) is 1.96. The molecule has 2 saturated heterocycles. The summed E-state index contributed by atoms with van der Waals surface area (Å²) in [6, 6.07) is 17.3. The molecule has 140 valence electrons. The molecule has 0 saturated carbocycles. The van der Waals surface area contributed by atoms with Crippen molar-refractivity contribution in [1.29, 1.82) is 0 Å². The van der Waals surface area contributed by atoms with Crippen LogP contribution in [-0.2, 0) is 16.0 Å². The number of benzene rings is 2. The molecule has 5 heteroatoms. The number of hydrogen-bond acceptors (Lipinski definition) is 2. The fourth-order valence-corrected chi connectivity index (χ4v) is 4.57. The summed E-state index contributed by atoms with van der Waals surface area (Å²) < 4.78 is 0. The maximum atomic E-state index is 12.9. The number of anilines is 1. The van der Waals surface area contributed by atoms with E-state index in [9.17, 15) is 9.59 Å². The number of likely N-dealkylation sites (tertiary alicyclic amines) is 1. The molecule has 4 rings (SSSR count). The van der Waals surface area contributed by atoms with E-state index in [0.717, 1.165) is 32.4 Å². The van der Waals surface area contributed by atoms with Gasteiger partial charge in [-0.15, -0.1) is 0 Å². The van der Waals surface area contributed by atoms with Gasteiger partial charge in [0.25, 0.3) is 5.91 Å². The molecule has 1 N–H and O–H groups in total. The van der Waals surface area contributed by atoms with Crippen LogP contribution in [0.5, 0.6) is 0 Å². The van der Waals surface area contributed by atoms with Gasteiger partial charge in [0.1, 0.15) is 0 Å². The molecule has 2 fully saturated rings. The number of quaternary nitrogens is 1. The smallest absolute Gasteiger partial charge is 0.292 e. The third-order valence-corrected chi connectivity index (χ3v) is 6.06. The number of nitrogens with one attached hydrogen (secondary N) is 1. The maximum Gasteiger partial charge on any atom is 0.292 e. The molecule has 4 nitrogen and oxygen atoms in total. The lowest BCUT2D eigenvalue weighted by Crippen LogP contribution is -3.17. The molecule has 2 aromatic rings. The maximum absolute atomic E-state index is 12.9. The van der Waals surface area contributed by atoms with E-state index in [4.69, 9.17) is 11.6 Å². The van der Waals surface area contributed by atoms with Crippen LogP contribution in [0, 0.1) is 5.92 Å². The Morgan fingerprint density at radius 2 is 1.74 bits per heavy atom. The van der Waals surface area contributed by atoms with Gasteiger partial charge in [0.2, 0.25) is 5.91 Å². The first-order valence-electron chi connectivity index (χ1n) is 9.62. The number of halogens is 1. The van der Waals surface area contributed by atoms with Crippen LogP contribution in [0.2, 0.25) is 5.02 Å². The van der Waals surface area contributed by atoms with Crippen LogP contribution in [0.15, 0.2) is 54.6 Å². The number of carbonyl (C=O) groups excluding carboxylic acids is 2. The molecular formula is C22H24ClN2O2+. The van der Waals surface area contributed by atoms with Crippen molar-refractivity contribution in [3.05, 3.63) is 65.2 Å². The molecule has 27 heavy (non-hydrogen) atoms. The second kappa shape index (κ2) is 7.83. The Hall–Kier alpha value is -2.17. The lowest BCUT2D eigenvalue weighted by Gasteiger charge is -2.32. The van der Waals surface area contributed by atoms with Gasteiger partial charge in [-0.3, -0.25) is 9.59 Å². The average molecular weight is 384 g/mol. The van der Waals surface area contributed by atoms with Crippen molar-refractivity contribution in [3.63, 3.8) is 0 Å². The Bertz CT molecular complexity index is 831. The van der Waals surface area contributed by atoms with Crippen LogP contribution in [0.3, 0.4) is 0 Å². The van der Waals surface area contributed by atoms with Gasteiger partial charge < -0.3 is 4.90 Å². The third kappa shape index (κ3) is 3.92. The van der Waals surface area contributed by atoms with Gasteiger partial charge in [0.15, 0.2) is 6.04 Å². The van der Waals surface area contributed by atoms with Gasteiger partial charge in [0, 0.05) is 5.02 Å². The monoisotopic (exact) mass is 383 g/mol. The van der Waals surface area contributed by atoms with Gasteiger partial charge in [-0.05, 0) is 48.9 Å². The molecular weight excluding hydrogens is 360 g/mol. The standard InChI is InChI=1S/C22H23ClN2O2/c23-18-7-4-8-19(14-18)25-21(26)15-20(22(25)27)24-11-9-17(10-12-24)13-16-5-2-1-3-6-16/h1-8,14,17,20H,9-13,15H2/p+1/t20-/m0/s1.